The van der Waals surface area contributed by atoms with E-state index in [1.54, 1.807) is 12.1 Å². The molecule has 0 aromatic heterocycles. The third kappa shape index (κ3) is 5.21. The Morgan fingerprint density at radius 3 is 2.38 bits per heavy atom. The van der Waals surface area contributed by atoms with E-state index in [-0.39, 0.29) is 24.1 Å². The van der Waals surface area contributed by atoms with Gasteiger partial charge in [0.25, 0.3) is 0 Å². The number of hydrogen-bond acceptors (Lipinski definition) is 3. The molecule has 110 valence electrons. The summed E-state index contributed by atoms with van der Waals surface area (Å²) < 4.78 is 12.8. The van der Waals surface area contributed by atoms with Gasteiger partial charge in [0.1, 0.15) is 5.82 Å². The van der Waals surface area contributed by atoms with Gasteiger partial charge >= 0.3 is 0 Å². The average molecular weight is 305 g/mol. The molecule has 3 nitrogen and oxygen atoms in total. The Morgan fingerprint density at radius 2 is 1.76 bits per heavy atom. The lowest BCUT2D eigenvalue weighted by Crippen LogP contribution is -2.13. The number of carbonyl (C=O) groups excluding carboxylic acids is 1. The fraction of sp³-hybridized carbons (Fsp3) is 0.188. The Labute approximate surface area is 127 Å². The van der Waals surface area contributed by atoms with Crippen LogP contribution in [0.5, 0.6) is 0 Å². The molecule has 2 N–H and O–H groups in total. The van der Waals surface area contributed by atoms with Crippen molar-refractivity contribution in [3.8, 4) is 0 Å². The highest BCUT2D eigenvalue weighted by Crippen LogP contribution is 2.18. The standard InChI is InChI=1S/C16H16FNO2S/c17-13-3-7-15(8-4-13)21-11-16(20)18-14-5-1-12(2-6-14)9-10-19/h1-8,19H,9-11H2,(H,18,20). The zero-order chi connectivity index (χ0) is 15.1. The Balaban J connectivity index is 1.82. The quantitative estimate of drug-likeness (QED) is 0.806. The molecule has 2 rings (SSSR count). The second-order valence-electron chi connectivity index (χ2n) is 4.46. The number of rotatable bonds is 6. The van der Waals surface area contributed by atoms with Crippen molar-refractivity contribution in [1.82, 2.24) is 0 Å². The van der Waals surface area contributed by atoms with Crippen LogP contribution in [0.15, 0.2) is 53.4 Å². The van der Waals surface area contributed by atoms with Crippen molar-refractivity contribution in [2.24, 2.45) is 0 Å². The van der Waals surface area contributed by atoms with Crippen molar-refractivity contribution in [3.63, 3.8) is 0 Å². The number of aliphatic hydroxyl groups excluding tert-OH is 1. The number of thioether (sulfide) groups is 1. The molecule has 0 radical (unpaired) electrons. The zero-order valence-corrected chi connectivity index (χ0v) is 12.2. The molecule has 1 amide bonds. The lowest BCUT2D eigenvalue weighted by atomic mass is 10.1. The van der Waals surface area contributed by atoms with Gasteiger partial charge in [-0.3, -0.25) is 4.79 Å². The Morgan fingerprint density at radius 1 is 1.10 bits per heavy atom. The van der Waals surface area contributed by atoms with Crippen LogP contribution < -0.4 is 5.32 Å². The molecule has 21 heavy (non-hydrogen) atoms. The highest BCUT2D eigenvalue weighted by molar-refractivity contribution is 8.00. The van der Waals surface area contributed by atoms with Crippen molar-refractivity contribution < 1.29 is 14.3 Å². The second kappa shape index (κ2) is 7.81. The number of aliphatic hydroxyl groups is 1. The summed E-state index contributed by atoms with van der Waals surface area (Å²) in [5.41, 5.74) is 1.75. The monoisotopic (exact) mass is 305 g/mol. The highest BCUT2D eigenvalue weighted by Gasteiger charge is 2.04. The molecular weight excluding hydrogens is 289 g/mol. The van der Waals surface area contributed by atoms with Crippen LogP contribution in [0.3, 0.4) is 0 Å². The van der Waals surface area contributed by atoms with Gasteiger partial charge in [-0.15, -0.1) is 11.8 Å². The van der Waals surface area contributed by atoms with Crippen LogP contribution in [-0.2, 0) is 11.2 Å². The molecule has 0 heterocycles. The van der Waals surface area contributed by atoms with Crippen LogP contribution in [0.25, 0.3) is 0 Å². The summed E-state index contributed by atoms with van der Waals surface area (Å²) in [6, 6.07) is 13.4. The van der Waals surface area contributed by atoms with Crippen LogP contribution in [0.1, 0.15) is 5.56 Å². The van der Waals surface area contributed by atoms with Crippen LogP contribution >= 0.6 is 11.8 Å². The van der Waals surface area contributed by atoms with E-state index >= 15 is 0 Å². The molecule has 2 aromatic rings. The number of nitrogens with one attached hydrogen (secondary N) is 1. The number of hydrogen-bond donors (Lipinski definition) is 2. The van der Waals surface area contributed by atoms with Crippen LogP contribution in [-0.4, -0.2) is 23.4 Å². The van der Waals surface area contributed by atoms with Gasteiger partial charge in [-0.1, -0.05) is 12.1 Å². The number of benzene rings is 2. The van der Waals surface area contributed by atoms with Crippen molar-refractivity contribution in [2.75, 3.05) is 17.7 Å². The lowest BCUT2D eigenvalue weighted by Gasteiger charge is -2.06. The minimum atomic E-state index is -0.285. The summed E-state index contributed by atoms with van der Waals surface area (Å²) in [6.45, 7) is 0.111. The summed E-state index contributed by atoms with van der Waals surface area (Å²) in [4.78, 5) is 12.7. The zero-order valence-electron chi connectivity index (χ0n) is 11.4. The van der Waals surface area contributed by atoms with Crippen LogP contribution in [0.2, 0.25) is 0 Å². The van der Waals surface area contributed by atoms with E-state index in [0.717, 1.165) is 16.1 Å². The summed E-state index contributed by atoms with van der Waals surface area (Å²) in [5.74, 6) is -0.129. The molecule has 0 bridgehead atoms. The fourth-order valence-electron chi connectivity index (χ4n) is 1.76. The van der Waals surface area contributed by atoms with E-state index in [0.29, 0.717) is 6.42 Å². The molecular formula is C16H16FNO2S. The molecule has 0 unspecified atom stereocenters. The maximum Gasteiger partial charge on any atom is 0.234 e. The first-order chi connectivity index (χ1) is 10.2. The van der Waals surface area contributed by atoms with Gasteiger partial charge in [-0.2, -0.15) is 0 Å². The summed E-state index contributed by atoms with van der Waals surface area (Å²) in [6.07, 6.45) is 0.606. The third-order valence-corrected chi connectivity index (χ3v) is 3.83. The van der Waals surface area contributed by atoms with Crippen molar-refractivity contribution in [3.05, 3.63) is 59.9 Å². The van der Waals surface area contributed by atoms with Crippen LogP contribution in [0.4, 0.5) is 10.1 Å². The third-order valence-electron chi connectivity index (χ3n) is 2.82. The molecule has 0 aliphatic rings. The van der Waals surface area contributed by atoms with Gasteiger partial charge in [-0.05, 0) is 48.4 Å². The smallest absolute Gasteiger partial charge is 0.234 e. The van der Waals surface area contributed by atoms with E-state index in [4.69, 9.17) is 5.11 Å². The molecule has 0 aliphatic carbocycles. The second-order valence-corrected chi connectivity index (χ2v) is 5.51. The normalized spacial score (nSPS) is 10.4. The Hall–Kier alpha value is -1.85. The first kappa shape index (κ1) is 15.5. The topological polar surface area (TPSA) is 49.3 Å². The van der Waals surface area contributed by atoms with Gasteiger partial charge in [0, 0.05) is 17.2 Å². The highest BCUT2D eigenvalue weighted by atomic mass is 32.2. The fourth-order valence-corrected chi connectivity index (χ4v) is 2.46. The largest absolute Gasteiger partial charge is 0.396 e. The van der Waals surface area contributed by atoms with E-state index in [1.165, 1.54) is 23.9 Å². The van der Waals surface area contributed by atoms with Crippen molar-refractivity contribution >= 4 is 23.4 Å². The SMILES string of the molecule is O=C(CSc1ccc(F)cc1)Nc1ccc(CCO)cc1. The van der Waals surface area contributed by atoms with Crippen LogP contribution in [0, 0.1) is 5.82 Å². The predicted molar refractivity (Wildman–Crippen MR) is 83.0 cm³/mol. The number of halogens is 1. The first-order valence-corrected chi connectivity index (χ1v) is 7.54. The van der Waals surface area contributed by atoms with Gasteiger partial charge in [0.15, 0.2) is 0 Å². The Bertz CT molecular complexity index is 584. The minimum absolute atomic E-state index is 0.111. The summed E-state index contributed by atoms with van der Waals surface area (Å²) >= 11 is 1.36. The van der Waals surface area contributed by atoms with Crippen molar-refractivity contribution in [1.29, 1.82) is 0 Å². The first-order valence-electron chi connectivity index (χ1n) is 6.55. The molecule has 2 aromatic carbocycles. The predicted octanol–water partition coefficient (Wildman–Crippen LogP) is 3.09. The maximum absolute atomic E-state index is 12.8. The summed E-state index contributed by atoms with van der Waals surface area (Å²) in [5, 5.41) is 11.6. The molecule has 0 atom stereocenters. The van der Waals surface area contributed by atoms with Gasteiger partial charge in [0.2, 0.25) is 5.91 Å². The summed E-state index contributed by atoms with van der Waals surface area (Å²) in [7, 11) is 0. The van der Waals surface area contributed by atoms with Crippen molar-refractivity contribution in [2.45, 2.75) is 11.3 Å². The maximum atomic E-state index is 12.8. The van der Waals surface area contributed by atoms with Gasteiger partial charge in [-0.25, -0.2) is 4.39 Å². The molecule has 0 saturated carbocycles. The van der Waals surface area contributed by atoms with Gasteiger partial charge < -0.3 is 10.4 Å². The minimum Gasteiger partial charge on any atom is -0.396 e. The lowest BCUT2D eigenvalue weighted by molar-refractivity contribution is -0.113. The van der Waals surface area contributed by atoms with E-state index in [2.05, 4.69) is 5.32 Å². The number of amides is 1. The molecule has 0 spiro atoms. The molecule has 5 heteroatoms. The van der Waals surface area contributed by atoms with E-state index in [1.807, 2.05) is 24.3 Å². The number of anilines is 1. The Kier molecular flexibility index (Phi) is 5.78. The molecule has 0 saturated heterocycles. The van der Waals surface area contributed by atoms with Gasteiger partial charge in [0.05, 0.1) is 5.75 Å². The van der Waals surface area contributed by atoms with E-state index in [9.17, 15) is 9.18 Å². The van der Waals surface area contributed by atoms with E-state index < -0.39 is 0 Å². The average Bonchev–Trinajstić information content (AvgIpc) is 2.49. The molecule has 0 fully saturated rings. The number of carbonyl (C=O) groups is 1. The molecule has 0 aliphatic heterocycles.